The third-order valence-corrected chi connectivity index (χ3v) is 2.50. The van der Waals surface area contributed by atoms with E-state index >= 15 is 0 Å². The minimum atomic E-state index is -0.267. The van der Waals surface area contributed by atoms with Gasteiger partial charge in [0.15, 0.2) is 12.4 Å². The highest BCUT2D eigenvalue weighted by Gasteiger charge is 2.09. The highest BCUT2D eigenvalue weighted by atomic mass is 16.5. The lowest BCUT2D eigenvalue weighted by Crippen LogP contribution is -2.32. The number of benzene rings is 1. The summed E-state index contributed by atoms with van der Waals surface area (Å²) >= 11 is 0. The Bertz CT molecular complexity index is 489. The van der Waals surface area contributed by atoms with Crippen molar-refractivity contribution in [3.8, 4) is 5.75 Å². The van der Waals surface area contributed by atoms with Gasteiger partial charge in [-0.1, -0.05) is 17.3 Å². The number of amidine groups is 1. The van der Waals surface area contributed by atoms with Gasteiger partial charge in [0.2, 0.25) is 0 Å². The van der Waals surface area contributed by atoms with Crippen LogP contribution in [-0.2, 0) is 9.53 Å². The van der Waals surface area contributed by atoms with Gasteiger partial charge < -0.3 is 25.7 Å². The van der Waals surface area contributed by atoms with Gasteiger partial charge in [-0.15, -0.1) is 0 Å². The first-order valence-corrected chi connectivity index (χ1v) is 6.62. The zero-order chi connectivity index (χ0) is 15.7. The van der Waals surface area contributed by atoms with E-state index in [1.54, 1.807) is 24.3 Å². The van der Waals surface area contributed by atoms with Gasteiger partial charge in [0.1, 0.15) is 5.75 Å². The van der Waals surface area contributed by atoms with Crippen LogP contribution in [0.5, 0.6) is 5.75 Å². The van der Waals surface area contributed by atoms with Crippen LogP contribution in [-0.4, -0.2) is 42.8 Å². The van der Waals surface area contributed by atoms with E-state index in [4.69, 9.17) is 20.4 Å². The smallest absolute Gasteiger partial charge is 0.258 e. The zero-order valence-electron chi connectivity index (χ0n) is 12.2. The Morgan fingerprint density at radius 2 is 2.14 bits per heavy atom. The van der Waals surface area contributed by atoms with Crippen molar-refractivity contribution < 1.29 is 19.5 Å². The molecule has 0 aromatic heterocycles. The highest BCUT2D eigenvalue weighted by Crippen LogP contribution is 2.17. The molecule has 0 saturated heterocycles. The number of nitrogens with two attached hydrogens (primary N) is 1. The molecule has 0 radical (unpaired) electrons. The van der Waals surface area contributed by atoms with Gasteiger partial charge in [-0.3, -0.25) is 4.79 Å². The highest BCUT2D eigenvalue weighted by molar-refractivity contribution is 5.99. The van der Waals surface area contributed by atoms with Crippen LogP contribution in [0.15, 0.2) is 29.4 Å². The van der Waals surface area contributed by atoms with E-state index < -0.39 is 0 Å². The number of carbonyl (C=O) groups excluding carboxylic acids is 1. The van der Waals surface area contributed by atoms with E-state index in [0.717, 1.165) is 0 Å². The molecule has 0 spiro atoms. The molecule has 0 aliphatic rings. The van der Waals surface area contributed by atoms with Crippen LogP contribution in [0.25, 0.3) is 0 Å². The molecular weight excluding hydrogens is 274 g/mol. The maximum Gasteiger partial charge on any atom is 0.258 e. The molecule has 0 aliphatic carbocycles. The fourth-order valence-electron chi connectivity index (χ4n) is 1.54. The van der Waals surface area contributed by atoms with E-state index in [-0.39, 0.29) is 24.5 Å². The molecule has 0 saturated carbocycles. The number of carbonyl (C=O) groups is 1. The van der Waals surface area contributed by atoms with Gasteiger partial charge in [-0.25, -0.2) is 0 Å². The second-order valence-corrected chi connectivity index (χ2v) is 4.54. The number of rotatable bonds is 8. The molecule has 0 bridgehead atoms. The quantitative estimate of drug-likeness (QED) is 0.215. The van der Waals surface area contributed by atoms with Crippen LogP contribution in [0.1, 0.15) is 19.4 Å². The van der Waals surface area contributed by atoms with Crippen molar-refractivity contribution in [3.05, 3.63) is 29.8 Å². The average Bonchev–Trinajstić information content (AvgIpc) is 2.48. The molecule has 7 nitrogen and oxygen atoms in total. The van der Waals surface area contributed by atoms with Crippen molar-refractivity contribution in [2.45, 2.75) is 20.0 Å². The van der Waals surface area contributed by atoms with E-state index in [1.807, 2.05) is 13.8 Å². The number of nitrogens with zero attached hydrogens (tertiary/aromatic N) is 1. The molecule has 0 heterocycles. The van der Waals surface area contributed by atoms with Crippen molar-refractivity contribution in [3.63, 3.8) is 0 Å². The van der Waals surface area contributed by atoms with Gasteiger partial charge in [0.05, 0.1) is 18.3 Å². The summed E-state index contributed by atoms with van der Waals surface area (Å²) in [6, 6.07) is 6.74. The maximum atomic E-state index is 11.6. The lowest BCUT2D eigenvalue weighted by Gasteiger charge is -2.11. The van der Waals surface area contributed by atoms with E-state index in [9.17, 15) is 4.79 Å². The number of hydrogen-bond donors (Lipinski definition) is 3. The summed E-state index contributed by atoms with van der Waals surface area (Å²) in [6.07, 6.45) is 0.130. The second-order valence-electron chi connectivity index (χ2n) is 4.54. The summed E-state index contributed by atoms with van der Waals surface area (Å²) in [4.78, 5) is 11.6. The number of amides is 1. The first kappa shape index (κ1) is 16.8. The van der Waals surface area contributed by atoms with Crippen molar-refractivity contribution in [2.24, 2.45) is 10.9 Å². The van der Waals surface area contributed by atoms with Crippen molar-refractivity contribution in [1.29, 1.82) is 0 Å². The van der Waals surface area contributed by atoms with Crippen LogP contribution in [0.3, 0.4) is 0 Å². The summed E-state index contributed by atoms with van der Waals surface area (Å²) in [5.74, 6) is 0.0365. The third kappa shape index (κ3) is 6.13. The molecule has 4 N–H and O–H groups in total. The van der Waals surface area contributed by atoms with Gasteiger partial charge in [-0.05, 0) is 26.0 Å². The molecule has 7 heteroatoms. The second kappa shape index (κ2) is 8.80. The molecule has 0 unspecified atom stereocenters. The minimum absolute atomic E-state index is 0.0728. The largest absolute Gasteiger partial charge is 0.483 e. The number of hydrogen-bond acceptors (Lipinski definition) is 5. The third-order valence-electron chi connectivity index (χ3n) is 2.50. The Morgan fingerprint density at radius 1 is 1.43 bits per heavy atom. The maximum absolute atomic E-state index is 11.6. The standard InChI is InChI=1S/C14H21N3O4/c1-10(2)20-8-7-16-13(18)9-21-12-6-4-3-5-11(12)14(15)17-19/h3-6,10,19H,7-9H2,1-2H3,(H2,15,17)(H,16,18). The van der Waals surface area contributed by atoms with Gasteiger partial charge >= 0.3 is 0 Å². The predicted octanol–water partition coefficient (Wildman–Crippen LogP) is 0.701. The lowest BCUT2D eigenvalue weighted by molar-refractivity contribution is -0.123. The monoisotopic (exact) mass is 295 g/mol. The fraction of sp³-hybridized carbons (Fsp3) is 0.429. The zero-order valence-corrected chi connectivity index (χ0v) is 12.2. The topological polar surface area (TPSA) is 106 Å². The summed E-state index contributed by atoms with van der Waals surface area (Å²) in [5.41, 5.74) is 5.96. The number of nitrogens with one attached hydrogen (secondary N) is 1. The van der Waals surface area contributed by atoms with Gasteiger partial charge in [0.25, 0.3) is 5.91 Å². The van der Waals surface area contributed by atoms with Crippen LogP contribution in [0.2, 0.25) is 0 Å². The van der Waals surface area contributed by atoms with E-state index in [1.165, 1.54) is 0 Å². The Hall–Kier alpha value is -2.28. The summed E-state index contributed by atoms with van der Waals surface area (Å²) in [5, 5.41) is 14.3. The van der Waals surface area contributed by atoms with Crippen LogP contribution < -0.4 is 15.8 Å². The number of para-hydroxylation sites is 1. The lowest BCUT2D eigenvalue weighted by atomic mass is 10.2. The Balaban J connectivity index is 2.43. The van der Waals surface area contributed by atoms with Crippen molar-refractivity contribution >= 4 is 11.7 Å². The fourth-order valence-corrected chi connectivity index (χ4v) is 1.54. The van der Waals surface area contributed by atoms with E-state index in [2.05, 4.69) is 10.5 Å². The summed E-state index contributed by atoms with van der Waals surface area (Å²) in [6.45, 7) is 4.56. The Kier molecular flexibility index (Phi) is 7.03. The van der Waals surface area contributed by atoms with Crippen LogP contribution in [0.4, 0.5) is 0 Å². The predicted molar refractivity (Wildman–Crippen MR) is 78.5 cm³/mol. The molecule has 116 valence electrons. The summed E-state index contributed by atoms with van der Waals surface area (Å²) in [7, 11) is 0. The normalized spacial score (nSPS) is 11.5. The number of ether oxygens (including phenoxy) is 2. The molecule has 21 heavy (non-hydrogen) atoms. The molecular formula is C14H21N3O4. The molecule has 0 atom stereocenters. The molecule has 1 rings (SSSR count). The van der Waals surface area contributed by atoms with Crippen molar-refractivity contribution in [2.75, 3.05) is 19.8 Å². The Labute approximate surface area is 123 Å². The van der Waals surface area contributed by atoms with Crippen LogP contribution in [0, 0.1) is 0 Å². The number of oxime groups is 1. The molecule has 1 aromatic carbocycles. The van der Waals surface area contributed by atoms with Crippen molar-refractivity contribution in [1.82, 2.24) is 5.32 Å². The molecule has 0 fully saturated rings. The molecule has 1 amide bonds. The first-order chi connectivity index (χ1) is 10.0. The Morgan fingerprint density at radius 3 is 2.81 bits per heavy atom. The first-order valence-electron chi connectivity index (χ1n) is 6.62. The molecule has 0 aliphatic heterocycles. The SMILES string of the molecule is CC(C)OCCNC(=O)COc1ccccc1/C(N)=N/O. The minimum Gasteiger partial charge on any atom is -0.483 e. The average molecular weight is 295 g/mol. The summed E-state index contributed by atoms with van der Waals surface area (Å²) < 4.78 is 10.7. The van der Waals surface area contributed by atoms with Gasteiger partial charge in [-0.2, -0.15) is 0 Å². The van der Waals surface area contributed by atoms with Gasteiger partial charge in [0, 0.05) is 6.54 Å². The van der Waals surface area contributed by atoms with Crippen LogP contribution >= 0.6 is 0 Å². The van der Waals surface area contributed by atoms with E-state index in [0.29, 0.717) is 24.5 Å². The molecule has 1 aromatic rings.